The number of hydrogen-bond donors (Lipinski definition) is 1. The molecule has 5 heteroatoms. The first-order valence-electron chi connectivity index (χ1n) is 8.46. The Hall–Kier alpha value is -3.21. The summed E-state index contributed by atoms with van der Waals surface area (Å²) >= 11 is 0. The highest BCUT2D eigenvalue weighted by molar-refractivity contribution is 5.94. The summed E-state index contributed by atoms with van der Waals surface area (Å²) in [6.45, 7) is 6.43. The smallest absolute Gasteiger partial charge is 0.271 e. The average Bonchev–Trinajstić information content (AvgIpc) is 3.16. The molecule has 132 valence electrons. The van der Waals surface area contributed by atoms with Crippen molar-refractivity contribution in [1.29, 1.82) is 0 Å². The van der Waals surface area contributed by atoms with E-state index in [4.69, 9.17) is 0 Å². The molecular formula is C21H22N4O. The van der Waals surface area contributed by atoms with Crippen LogP contribution < -0.4 is 5.43 Å². The Morgan fingerprint density at radius 3 is 2.35 bits per heavy atom. The van der Waals surface area contributed by atoms with Gasteiger partial charge in [-0.3, -0.25) is 4.79 Å². The minimum absolute atomic E-state index is 0.0655. The molecule has 0 radical (unpaired) electrons. The van der Waals surface area contributed by atoms with E-state index >= 15 is 0 Å². The number of carbonyl (C=O) groups excluding carboxylic acids is 1. The number of rotatable bonds is 4. The van der Waals surface area contributed by atoms with Crippen LogP contribution in [-0.4, -0.2) is 21.7 Å². The first-order chi connectivity index (χ1) is 12.4. The second-order valence-electron chi connectivity index (χ2n) is 7.09. The molecule has 0 saturated heterocycles. The molecule has 1 heterocycles. The van der Waals surface area contributed by atoms with E-state index in [9.17, 15) is 4.79 Å². The molecular weight excluding hydrogens is 324 g/mol. The lowest BCUT2D eigenvalue weighted by atomic mass is 9.87. The Kier molecular flexibility index (Phi) is 4.98. The number of nitrogens with zero attached hydrogens (tertiary/aromatic N) is 3. The molecule has 0 spiro atoms. The second kappa shape index (κ2) is 7.35. The third kappa shape index (κ3) is 4.25. The number of hydrogen-bond acceptors (Lipinski definition) is 3. The van der Waals surface area contributed by atoms with E-state index < -0.39 is 0 Å². The lowest BCUT2D eigenvalue weighted by molar-refractivity contribution is 0.0955. The van der Waals surface area contributed by atoms with Crippen molar-refractivity contribution in [3.8, 4) is 5.69 Å². The summed E-state index contributed by atoms with van der Waals surface area (Å²) in [5, 5.41) is 4.04. The zero-order chi connectivity index (χ0) is 18.6. The van der Waals surface area contributed by atoms with Gasteiger partial charge in [-0.05, 0) is 40.8 Å². The van der Waals surface area contributed by atoms with Crippen LogP contribution in [0.3, 0.4) is 0 Å². The van der Waals surface area contributed by atoms with Gasteiger partial charge in [0.15, 0.2) is 0 Å². The van der Waals surface area contributed by atoms with Crippen LogP contribution in [0, 0.1) is 0 Å². The second-order valence-corrected chi connectivity index (χ2v) is 7.09. The maximum absolute atomic E-state index is 12.2. The van der Waals surface area contributed by atoms with Crippen LogP contribution in [0.25, 0.3) is 5.69 Å². The van der Waals surface area contributed by atoms with Gasteiger partial charge >= 0.3 is 0 Å². The molecule has 26 heavy (non-hydrogen) atoms. The molecule has 1 amide bonds. The monoisotopic (exact) mass is 346 g/mol. The molecule has 5 nitrogen and oxygen atoms in total. The standard InChI is InChI=1S/C21H22N4O/c1-21(2,3)18-8-6-17(7-9-18)20(26)24-23-14-16-4-10-19(11-5-16)25-13-12-22-15-25/h4-15H,1-3H3,(H,24,26). The van der Waals surface area contributed by atoms with Gasteiger partial charge in [-0.25, -0.2) is 10.4 Å². The molecule has 0 atom stereocenters. The number of hydrazone groups is 1. The van der Waals surface area contributed by atoms with Gasteiger partial charge in [0.2, 0.25) is 0 Å². The normalized spacial score (nSPS) is 11.7. The first-order valence-corrected chi connectivity index (χ1v) is 8.46. The minimum Gasteiger partial charge on any atom is -0.306 e. The van der Waals surface area contributed by atoms with Crippen molar-refractivity contribution in [3.05, 3.63) is 83.9 Å². The topological polar surface area (TPSA) is 59.3 Å². The maximum atomic E-state index is 12.2. The molecule has 0 aliphatic heterocycles. The van der Waals surface area contributed by atoms with Crippen molar-refractivity contribution in [2.45, 2.75) is 26.2 Å². The fourth-order valence-electron chi connectivity index (χ4n) is 2.50. The van der Waals surface area contributed by atoms with Gasteiger partial charge in [0, 0.05) is 23.6 Å². The fraction of sp³-hybridized carbons (Fsp3) is 0.190. The van der Waals surface area contributed by atoms with Crippen molar-refractivity contribution >= 4 is 12.1 Å². The predicted molar refractivity (Wildman–Crippen MR) is 104 cm³/mol. The van der Waals surface area contributed by atoms with E-state index in [2.05, 4.69) is 36.3 Å². The van der Waals surface area contributed by atoms with E-state index in [-0.39, 0.29) is 11.3 Å². The van der Waals surface area contributed by atoms with Crippen LogP contribution in [0.1, 0.15) is 42.3 Å². The first kappa shape index (κ1) is 17.6. The highest BCUT2D eigenvalue weighted by atomic mass is 16.2. The molecule has 0 aliphatic rings. The molecule has 1 aromatic heterocycles. The minimum atomic E-state index is -0.225. The Bertz CT molecular complexity index is 887. The summed E-state index contributed by atoms with van der Waals surface area (Å²) < 4.78 is 1.92. The number of benzene rings is 2. The van der Waals surface area contributed by atoms with Gasteiger partial charge in [0.05, 0.1) is 12.5 Å². The van der Waals surface area contributed by atoms with E-state index in [1.807, 2.05) is 59.3 Å². The van der Waals surface area contributed by atoms with Gasteiger partial charge in [0.25, 0.3) is 5.91 Å². The van der Waals surface area contributed by atoms with Crippen molar-refractivity contribution in [3.63, 3.8) is 0 Å². The number of amides is 1. The van der Waals surface area contributed by atoms with E-state index in [0.29, 0.717) is 5.56 Å². The largest absolute Gasteiger partial charge is 0.306 e. The molecule has 0 aliphatic carbocycles. The molecule has 1 N–H and O–H groups in total. The van der Waals surface area contributed by atoms with Crippen LogP contribution in [0.15, 0.2) is 72.4 Å². The van der Waals surface area contributed by atoms with Crippen LogP contribution in [-0.2, 0) is 5.41 Å². The average molecular weight is 346 g/mol. The molecule has 0 bridgehead atoms. The Balaban J connectivity index is 1.60. The SMILES string of the molecule is CC(C)(C)c1ccc(C(=O)NN=Cc2ccc(-n3ccnc3)cc2)cc1. The summed E-state index contributed by atoms with van der Waals surface area (Å²) in [6.07, 6.45) is 6.99. The third-order valence-corrected chi connectivity index (χ3v) is 4.09. The van der Waals surface area contributed by atoms with Gasteiger partial charge in [-0.1, -0.05) is 45.0 Å². The van der Waals surface area contributed by atoms with Crippen LogP contribution >= 0.6 is 0 Å². The molecule has 3 aromatic rings. The van der Waals surface area contributed by atoms with Gasteiger partial charge < -0.3 is 4.57 Å². The van der Waals surface area contributed by atoms with Gasteiger partial charge in [-0.15, -0.1) is 0 Å². The summed E-state index contributed by atoms with van der Waals surface area (Å²) in [5.74, 6) is -0.225. The fourth-order valence-corrected chi connectivity index (χ4v) is 2.50. The van der Waals surface area contributed by atoms with Crippen LogP contribution in [0.4, 0.5) is 0 Å². The molecule has 0 unspecified atom stereocenters. The lowest BCUT2D eigenvalue weighted by Gasteiger charge is -2.18. The van der Waals surface area contributed by atoms with E-state index in [1.54, 1.807) is 18.7 Å². The number of aromatic nitrogens is 2. The molecule has 0 fully saturated rings. The zero-order valence-electron chi connectivity index (χ0n) is 15.2. The van der Waals surface area contributed by atoms with Crippen LogP contribution in [0.5, 0.6) is 0 Å². The van der Waals surface area contributed by atoms with Gasteiger partial charge in [-0.2, -0.15) is 5.10 Å². The van der Waals surface area contributed by atoms with Crippen molar-refractivity contribution in [2.24, 2.45) is 5.10 Å². The zero-order valence-corrected chi connectivity index (χ0v) is 15.2. The molecule has 3 rings (SSSR count). The summed E-state index contributed by atoms with van der Waals surface area (Å²) in [7, 11) is 0. The summed E-state index contributed by atoms with van der Waals surface area (Å²) in [4.78, 5) is 16.2. The maximum Gasteiger partial charge on any atom is 0.271 e. The third-order valence-electron chi connectivity index (χ3n) is 4.09. The lowest BCUT2D eigenvalue weighted by Crippen LogP contribution is -2.18. The van der Waals surface area contributed by atoms with Crippen molar-refractivity contribution in [1.82, 2.24) is 15.0 Å². The van der Waals surface area contributed by atoms with Gasteiger partial charge in [0.1, 0.15) is 0 Å². The Morgan fingerprint density at radius 2 is 1.77 bits per heavy atom. The van der Waals surface area contributed by atoms with E-state index in [1.165, 1.54) is 5.56 Å². The Labute approximate surface area is 153 Å². The molecule has 0 saturated carbocycles. The van der Waals surface area contributed by atoms with Crippen molar-refractivity contribution in [2.75, 3.05) is 0 Å². The highest BCUT2D eigenvalue weighted by Gasteiger charge is 2.14. The number of nitrogens with one attached hydrogen (secondary N) is 1. The number of imidazole rings is 1. The van der Waals surface area contributed by atoms with E-state index in [0.717, 1.165) is 11.3 Å². The molecule has 2 aromatic carbocycles. The summed E-state index contributed by atoms with van der Waals surface area (Å²) in [6, 6.07) is 15.4. The van der Waals surface area contributed by atoms with Crippen molar-refractivity contribution < 1.29 is 4.79 Å². The Morgan fingerprint density at radius 1 is 1.08 bits per heavy atom. The predicted octanol–water partition coefficient (Wildman–Crippen LogP) is 3.93. The summed E-state index contributed by atoms with van der Waals surface area (Å²) in [5.41, 5.74) is 6.32. The van der Waals surface area contributed by atoms with Crippen LogP contribution in [0.2, 0.25) is 0 Å². The highest BCUT2D eigenvalue weighted by Crippen LogP contribution is 2.22. The number of carbonyl (C=O) groups is 1. The quantitative estimate of drug-likeness (QED) is 0.575.